The largest absolute Gasteiger partial charge is 0.355 e. The third-order valence-corrected chi connectivity index (χ3v) is 3.80. The van der Waals surface area contributed by atoms with Gasteiger partial charge in [0, 0.05) is 25.7 Å². The first-order chi connectivity index (χ1) is 9.11. The normalized spacial score (nSPS) is 22.5. The molecule has 0 bridgehead atoms. The molecule has 1 N–H and O–H groups in total. The van der Waals surface area contributed by atoms with Gasteiger partial charge in [0.2, 0.25) is 0 Å². The van der Waals surface area contributed by atoms with E-state index in [1.807, 2.05) is 24.8 Å². The highest BCUT2D eigenvalue weighted by Gasteiger charge is 2.41. The first kappa shape index (κ1) is 12.4. The lowest BCUT2D eigenvalue weighted by atomic mass is 10.0. The smallest absolute Gasteiger partial charge is 0.251 e. The summed E-state index contributed by atoms with van der Waals surface area (Å²) in [6.07, 6.45) is 0. The summed E-state index contributed by atoms with van der Waals surface area (Å²) in [5.74, 6) is -0.337. The molecule has 0 saturated carbocycles. The second-order valence-electron chi connectivity index (χ2n) is 5.32. The van der Waals surface area contributed by atoms with Crippen LogP contribution in [0.1, 0.15) is 13.8 Å². The van der Waals surface area contributed by atoms with Crippen molar-refractivity contribution in [1.82, 2.24) is 5.32 Å². The second kappa shape index (κ2) is 4.49. The molecule has 4 nitrogen and oxygen atoms in total. The fraction of sp³-hybridized carbons (Fsp3) is 0.500. The van der Waals surface area contributed by atoms with Gasteiger partial charge in [0.1, 0.15) is 17.5 Å². The predicted molar refractivity (Wildman–Crippen MR) is 73.0 cm³/mol. The summed E-state index contributed by atoms with van der Waals surface area (Å²) in [6, 6.07) is 4.77. The molecule has 1 saturated heterocycles. The highest BCUT2D eigenvalue weighted by Crippen LogP contribution is 2.39. The summed E-state index contributed by atoms with van der Waals surface area (Å²) in [7, 11) is 0. The van der Waals surface area contributed by atoms with Gasteiger partial charge in [0.15, 0.2) is 0 Å². The molecule has 1 amide bonds. The Morgan fingerprint density at radius 2 is 2.21 bits per heavy atom. The van der Waals surface area contributed by atoms with E-state index in [0.717, 1.165) is 18.8 Å². The number of hydrogen-bond donors (Lipinski definition) is 1. The van der Waals surface area contributed by atoms with Crippen LogP contribution < -0.4 is 15.1 Å². The van der Waals surface area contributed by atoms with E-state index in [1.165, 1.54) is 6.07 Å². The van der Waals surface area contributed by atoms with Crippen LogP contribution in [0.5, 0.6) is 0 Å². The summed E-state index contributed by atoms with van der Waals surface area (Å²) in [5, 5.41) is 3.24. The first-order valence-electron chi connectivity index (χ1n) is 6.70. The molecule has 0 spiro atoms. The van der Waals surface area contributed by atoms with E-state index in [-0.39, 0.29) is 23.8 Å². The number of hydrogen-bond acceptors (Lipinski definition) is 3. The number of para-hydroxylation sites is 1. The highest BCUT2D eigenvalue weighted by atomic mass is 19.1. The summed E-state index contributed by atoms with van der Waals surface area (Å²) in [4.78, 5) is 16.2. The molecule has 1 aromatic rings. The van der Waals surface area contributed by atoms with Gasteiger partial charge in [0.05, 0.1) is 5.69 Å². The molecule has 1 fully saturated rings. The van der Waals surface area contributed by atoms with Crippen molar-refractivity contribution in [2.75, 3.05) is 29.4 Å². The van der Waals surface area contributed by atoms with Gasteiger partial charge in [-0.2, -0.15) is 0 Å². The molecule has 0 aromatic heterocycles. The average molecular weight is 263 g/mol. The van der Waals surface area contributed by atoms with E-state index < -0.39 is 0 Å². The van der Waals surface area contributed by atoms with Crippen LogP contribution in [0.25, 0.3) is 0 Å². The van der Waals surface area contributed by atoms with Crippen LogP contribution in [0.4, 0.5) is 15.8 Å². The quantitative estimate of drug-likeness (QED) is 0.831. The molecule has 5 heteroatoms. The van der Waals surface area contributed by atoms with Crippen molar-refractivity contribution in [3.8, 4) is 0 Å². The van der Waals surface area contributed by atoms with Gasteiger partial charge in [-0.05, 0) is 26.0 Å². The number of fused-ring (bicyclic) bond motifs is 3. The zero-order valence-corrected chi connectivity index (χ0v) is 11.2. The molecule has 0 radical (unpaired) electrons. The number of halogens is 1. The van der Waals surface area contributed by atoms with E-state index in [9.17, 15) is 9.18 Å². The zero-order valence-electron chi connectivity index (χ0n) is 11.2. The Bertz CT molecular complexity index is 517. The predicted octanol–water partition coefficient (Wildman–Crippen LogP) is 1.36. The summed E-state index contributed by atoms with van der Waals surface area (Å²) >= 11 is 0. The number of piperazine rings is 1. The van der Waals surface area contributed by atoms with Gasteiger partial charge in [0.25, 0.3) is 5.91 Å². The van der Waals surface area contributed by atoms with Gasteiger partial charge in [-0.15, -0.1) is 0 Å². The maximum atomic E-state index is 14.2. The molecule has 1 aromatic carbocycles. The average Bonchev–Trinajstić information content (AvgIpc) is 2.40. The fourth-order valence-corrected chi connectivity index (χ4v) is 2.97. The van der Waals surface area contributed by atoms with E-state index >= 15 is 0 Å². The van der Waals surface area contributed by atoms with E-state index in [0.29, 0.717) is 12.2 Å². The molecular weight excluding hydrogens is 245 g/mol. The molecule has 1 unspecified atom stereocenters. The third-order valence-electron chi connectivity index (χ3n) is 3.80. The number of rotatable bonds is 1. The SMILES string of the molecule is CC(C)N1C(=O)C2CNCCN2c2cccc(F)c21. The molecular formula is C14H18FN3O. The molecule has 102 valence electrons. The summed E-state index contributed by atoms with van der Waals surface area (Å²) < 4.78 is 14.2. The Balaban J connectivity index is 2.17. The Morgan fingerprint density at radius 1 is 1.42 bits per heavy atom. The number of anilines is 2. The standard InChI is InChI=1S/C14H18FN3O/c1-9(2)18-13-10(15)4-3-5-11(13)17-7-6-16-8-12(17)14(18)19/h3-5,9,12,16H,6-8H2,1-2H3. The molecule has 3 rings (SSSR count). The lowest BCUT2D eigenvalue weighted by molar-refractivity contribution is -0.120. The Morgan fingerprint density at radius 3 is 2.95 bits per heavy atom. The molecule has 19 heavy (non-hydrogen) atoms. The minimum absolute atomic E-state index is 0.0141. The Labute approximate surface area is 112 Å². The monoisotopic (exact) mass is 263 g/mol. The van der Waals surface area contributed by atoms with Gasteiger partial charge in [-0.25, -0.2) is 4.39 Å². The molecule has 2 aliphatic rings. The lowest BCUT2D eigenvalue weighted by Crippen LogP contribution is -2.63. The van der Waals surface area contributed by atoms with E-state index in [4.69, 9.17) is 0 Å². The number of nitrogens with zero attached hydrogens (tertiary/aromatic N) is 2. The number of amides is 1. The van der Waals surface area contributed by atoms with Crippen molar-refractivity contribution in [2.24, 2.45) is 0 Å². The molecule has 1 atom stereocenters. The second-order valence-corrected chi connectivity index (χ2v) is 5.32. The van der Waals surface area contributed by atoms with Crippen molar-refractivity contribution in [3.63, 3.8) is 0 Å². The zero-order chi connectivity index (χ0) is 13.6. The van der Waals surface area contributed by atoms with E-state index in [1.54, 1.807) is 11.0 Å². The van der Waals surface area contributed by atoms with Crippen molar-refractivity contribution in [1.29, 1.82) is 0 Å². The minimum atomic E-state index is -0.323. The van der Waals surface area contributed by atoms with Crippen LogP contribution in [-0.2, 0) is 4.79 Å². The Hall–Kier alpha value is -1.62. The van der Waals surface area contributed by atoms with Gasteiger partial charge in [-0.3, -0.25) is 4.79 Å². The van der Waals surface area contributed by atoms with Crippen molar-refractivity contribution < 1.29 is 9.18 Å². The molecule has 0 aliphatic carbocycles. The maximum absolute atomic E-state index is 14.2. The van der Waals surface area contributed by atoms with Gasteiger partial charge in [-0.1, -0.05) is 6.07 Å². The number of carbonyl (C=O) groups is 1. The van der Waals surface area contributed by atoms with E-state index in [2.05, 4.69) is 5.32 Å². The van der Waals surface area contributed by atoms with Crippen LogP contribution in [-0.4, -0.2) is 37.6 Å². The maximum Gasteiger partial charge on any atom is 0.251 e. The molecule has 2 heterocycles. The molecule has 2 aliphatic heterocycles. The lowest BCUT2D eigenvalue weighted by Gasteiger charge is -2.46. The number of nitrogens with one attached hydrogen (secondary N) is 1. The number of carbonyl (C=O) groups excluding carboxylic acids is 1. The third kappa shape index (κ3) is 1.80. The number of benzene rings is 1. The van der Waals surface area contributed by atoms with Gasteiger partial charge >= 0.3 is 0 Å². The van der Waals surface area contributed by atoms with Gasteiger partial charge < -0.3 is 15.1 Å². The van der Waals surface area contributed by atoms with Crippen molar-refractivity contribution in [2.45, 2.75) is 25.9 Å². The van der Waals surface area contributed by atoms with Crippen molar-refractivity contribution in [3.05, 3.63) is 24.0 Å². The first-order valence-corrected chi connectivity index (χ1v) is 6.70. The van der Waals surface area contributed by atoms with Crippen LogP contribution in [0.2, 0.25) is 0 Å². The van der Waals surface area contributed by atoms with Crippen molar-refractivity contribution >= 4 is 17.3 Å². The summed E-state index contributed by atoms with van der Waals surface area (Å²) in [5.41, 5.74) is 1.26. The fourth-order valence-electron chi connectivity index (χ4n) is 2.97. The van der Waals surface area contributed by atoms with Crippen LogP contribution in [0, 0.1) is 5.82 Å². The summed E-state index contributed by atoms with van der Waals surface area (Å²) in [6.45, 7) is 6.01. The van der Waals surface area contributed by atoms with Crippen LogP contribution in [0.15, 0.2) is 18.2 Å². The Kier molecular flexibility index (Phi) is 2.93. The highest BCUT2D eigenvalue weighted by molar-refractivity contribution is 6.06. The topological polar surface area (TPSA) is 35.6 Å². The minimum Gasteiger partial charge on any atom is -0.355 e. The van der Waals surface area contributed by atoms with Crippen LogP contribution in [0.3, 0.4) is 0 Å². The van der Waals surface area contributed by atoms with Crippen LogP contribution >= 0.6 is 0 Å².